The van der Waals surface area contributed by atoms with Gasteiger partial charge in [0.2, 0.25) is 0 Å². The summed E-state index contributed by atoms with van der Waals surface area (Å²) in [5.74, 6) is 0. The fraction of sp³-hybridized carbons (Fsp3) is 0.400. The van der Waals surface area contributed by atoms with Crippen LogP contribution in [-0.2, 0) is 24.8 Å². The summed E-state index contributed by atoms with van der Waals surface area (Å²) in [7, 11) is 0. The highest BCUT2D eigenvalue weighted by Crippen LogP contribution is 2.61. The van der Waals surface area contributed by atoms with Crippen molar-refractivity contribution in [2.75, 3.05) is 0 Å². The van der Waals surface area contributed by atoms with E-state index in [1.54, 1.807) is 0 Å². The van der Waals surface area contributed by atoms with Gasteiger partial charge in [0.15, 0.2) is 0 Å². The minimum Gasteiger partial charge on any atom is -0.322 e. The van der Waals surface area contributed by atoms with Crippen molar-refractivity contribution >= 4 is 22.0 Å². The minimum atomic E-state index is -0.532. The molecule has 2 aromatic rings. The van der Waals surface area contributed by atoms with Crippen LogP contribution in [0.15, 0.2) is 59.2 Å². The zero-order chi connectivity index (χ0) is 20.4. The number of nitrogens with zero attached hydrogens (tertiary/aromatic N) is 1. The zero-order valence-electron chi connectivity index (χ0n) is 17.1. The van der Waals surface area contributed by atoms with Crippen LogP contribution < -0.4 is 5.32 Å². The van der Waals surface area contributed by atoms with Crippen LogP contribution in [0.5, 0.6) is 0 Å². The lowest BCUT2D eigenvalue weighted by atomic mass is 9.64. The van der Waals surface area contributed by atoms with Crippen LogP contribution >= 0.6 is 15.9 Å². The number of aryl methyl sites for hydroxylation is 2. The molecule has 2 spiro atoms. The normalized spacial score (nSPS) is 24.8. The lowest BCUT2D eigenvalue weighted by molar-refractivity contribution is 0.124. The first-order valence-corrected chi connectivity index (χ1v) is 11.3. The Labute approximate surface area is 181 Å². The molecular weight excluding hydrogens is 424 g/mol. The molecule has 150 valence electrons. The first-order chi connectivity index (χ1) is 13.9. The van der Waals surface area contributed by atoms with Crippen molar-refractivity contribution in [1.29, 1.82) is 0 Å². The molecule has 29 heavy (non-hydrogen) atoms. The van der Waals surface area contributed by atoms with Gasteiger partial charge in [-0.15, -0.1) is 0 Å². The molecule has 0 saturated carbocycles. The number of benzene rings is 2. The van der Waals surface area contributed by atoms with Crippen molar-refractivity contribution in [3.63, 3.8) is 0 Å². The van der Waals surface area contributed by atoms with Gasteiger partial charge >= 0.3 is 6.03 Å². The lowest BCUT2D eigenvalue weighted by Crippen LogP contribution is -2.51. The van der Waals surface area contributed by atoms with Crippen LogP contribution in [-0.4, -0.2) is 17.0 Å². The van der Waals surface area contributed by atoms with Gasteiger partial charge in [-0.2, -0.15) is 0 Å². The summed E-state index contributed by atoms with van der Waals surface area (Å²) in [6, 6.07) is 15.4. The Bertz CT molecular complexity index is 1000. The number of urea groups is 1. The van der Waals surface area contributed by atoms with Gasteiger partial charge in [0.1, 0.15) is 5.54 Å². The first-order valence-electron chi connectivity index (χ1n) is 10.5. The Morgan fingerprint density at radius 2 is 1.72 bits per heavy atom. The Hall–Kier alpha value is -2.07. The molecule has 1 atom stereocenters. The van der Waals surface area contributed by atoms with Crippen LogP contribution in [0.25, 0.3) is 0 Å². The lowest BCUT2D eigenvalue weighted by Gasteiger charge is -2.44. The number of hydrogen-bond donors (Lipinski definition) is 1. The Balaban J connectivity index is 1.69. The third-order valence-corrected chi connectivity index (χ3v) is 7.91. The molecule has 2 amide bonds. The van der Waals surface area contributed by atoms with Crippen molar-refractivity contribution in [2.45, 2.75) is 57.5 Å². The topological polar surface area (TPSA) is 32.3 Å². The smallest absolute Gasteiger partial charge is 0.322 e. The highest BCUT2D eigenvalue weighted by molar-refractivity contribution is 9.10. The third kappa shape index (κ3) is 2.51. The van der Waals surface area contributed by atoms with Crippen LogP contribution in [0.1, 0.15) is 48.9 Å². The largest absolute Gasteiger partial charge is 0.322 e. The molecule has 1 heterocycles. The number of hydrogen-bond acceptors (Lipinski definition) is 1. The van der Waals surface area contributed by atoms with E-state index in [0.717, 1.165) is 42.3 Å². The molecule has 1 saturated heterocycles. The van der Waals surface area contributed by atoms with Crippen LogP contribution in [0, 0.1) is 5.41 Å². The second-order valence-electron chi connectivity index (χ2n) is 9.12. The summed E-state index contributed by atoms with van der Waals surface area (Å²) >= 11 is 3.67. The van der Waals surface area contributed by atoms with Gasteiger partial charge in [-0.1, -0.05) is 52.8 Å². The molecule has 0 aromatic heterocycles. The van der Waals surface area contributed by atoms with E-state index >= 15 is 0 Å². The van der Waals surface area contributed by atoms with Crippen LogP contribution in [0.3, 0.4) is 0 Å². The van der Waals surface area contributed by atoms with Gasteiger partial charge in [-0.25, -0.2) is 4.79 Å². The summed E-state index contributed by atoms with van der Waals surface area (Å²) in [5, 5.41) is 3.48. The van der Waals surface area contributed by atoms with Crippen molar-refractivity contribution in [3.8, 4) is 0 Å². The van der Waals surface area contributed by atoms with Gasteiger partial charge in [-0.3, -0.25) is 4.90 Å². The molecule has 1 unspecified atom stereocenters. The van der Waals surface area contributed by atoms with Gasteiger partial charge < -0.3 is 5.32 Å². The zero-order valence-corrected chi connectivity index (χ0v) is 18.7. The number of rotatable bonds is 1. The van der Waals surface area contributed by atoms with E-state index in [2.05, 4.69) is 84.1 Å². The predicted molar refractivity (Wildman–Crippen MR) is 120 cm³/mol. The summed E-state index contributed by atoms with van der Waals surface area (Å²) in [6.07, 6.45) is 5.15. The standard InChI is InChI=1S/C25H27BrN2O/c1-16(2)28-17(3)25(27-23(28)29)22-14-21(26)9-8-20(22)15-24(25)12-10-18-6-4-5-7-19(18)11-13-24/h4-9,14,16H,3,10-13,15H2,1-2H3,(H,27,29). The van der Waals surface area contributed by atoms with E-state index in [1.807, 2.05) is 4.90 Å². The summed E-state index contributed by atoms with van der Waals surface area (Å²) in [6.45, 7) is 8.66. The van der Waals surface area contributed by atoms with E-state index < -0.39 is 5.54 Å². The molecule has 1 aliphatic heterocycles. The van der Waals surface area contributed by atoms with Crippen molar-refractivity contribution in [1.82, 2.24) is 10.2 Å². The second-order valence-corrected chi connectivity index (χ2v) is 10.0. The van der Waals surface area contributed by atoms with E-state index in [4.69, 9.17) is 0 Å². The average molecular weight is 451 g/mol. The SMILES string of the molecule is C=C1N(C(C)C)C(=O)NC12c1cc(Br)ccc1CC21CCc2ccccc2CC1. The number of amides is 2. The summed E-state index contributed by atoms with van der Waals surface area (Å²) in [4.78, 5) is 15.0. The van der Waals surface area contributed by atoms with Gasteiger partial charge in [0, 0.05) is 21.6 Å². The molecule has 4 heteroatoms. The number of carbonyl (C=O) groups is 1. The molecule has 1 fully saturated rings. The molecule has 2 aliphatic carbocycles. The highest BCUT2D eigenvalue weighted by atomic mass is 79.9. The van der Waals surface area contributed by atoms with Gasteiger partial charge in [0.05, 0.1) is 0 Å². The fourth-order valence-electron chi connectivity index (χ4n) is 6.11. The van der Waals surface area contributed by atoms with Crippen molar-refractivity contribution < 1.29 is 4.79 Å². The molecule has 5 rings (SSSR count). The number of halogens is 1. The molecular formula is C25H27BrN2O. The van der Waals surface area contributed by atoms with Crippen LogP contribution in [0.4, 0.5) is 4.79 Å². The van der Waals surface area contributed by atoms with E-state index in [9.17, 15) is 4.79 Å². The summed E-state index contributed by atoms with van der Waals surface area (Å²) in [5.41, 5.74) is 5.78. The van der Waals surface area contributed by atoms with Crippen LogP contribution in [0.2, 0.25) is 0 Å². The Morgan fingerprint density at radius 3 is 2.31 bits per heavy atom. The minimum absolute atomic E-state index is 0.0149. The van der Waals surface area contributed by atoms with Crippen molar-refractivity contribution in [2.24, 2.45) is 5.41 Å². The second kappa shape index (κ2) is 6.46. The monoisotopic (exact) mass is 450 g/mol. The van der Waals surface area contributed by atoms with Crippen molar-refractivity contribution in [3.05, 3.63) is 81.5 Å². The maximum Gasteiger partial charge on any atom is 0.322 e. The number of carbonyl (C=O) groups excluding carboxylic acids is 1. The fourth-order valence-corrected chi connectivity index (χ4v) is 6.47. The molecule has 0 bridgehead atoms. The predicted octanol–water partition coefficient (Wildman–Crippen LogP) is 5.71. The maximum atomic E-state index is 13.2. The van der Waals surface area contributed by atoms with E-state index in [1.165, 1.54) is 22.3 Å². The number of fused-ring (bicyclic) bond motifs is 4. The maximum absolute atomic E-state index is 13.2. The quantitative estimate of drug-likeness (QED) is 0.592. The highest BCUT2D eigenvalue weighted by Gasteiger charge is 2.64. The van der Waals surface area contributed by atoms with Gasteiger partial charge in [-0.05, 0) is 80.3 Å². The average Bonchev–Trinajstić information content (AvgIpc) is 3.01. The molecule has 0 radical (unpaired) electrons. The number of nitrogens with one attached hydrogen (secondary N) is 1. The first kappa shape index (κ1) is 18.9. The van der Waals surface area contributed by atoms with E-state index in [0.29, 0.717) is 0 Å². The molecule has 3 nitrogen and oxygen atoms in total. The molecule has 3 aliphatic rings. The van der Waals surface area contributed by atoms with E-state index in [-0.39, 0.29) is 17.5 Å². The third-order valence-electron chi connectivity index (χ3n) is 7.42. The summed E-state index contributed by atoms with van der Waals surface area (Å²) < 4.78 is 1.05. The Morgan fingerprint density at radius 1 is 1.07 bits per heavy atom. The Kier molecular flexibility index (Phi) is 4.22. The molecule has 1 N–H and O–H groups in total. The molecule has 2 aromatic carbocycles. The van der Waals surface area contributed by atoms with Gasteiger partial charge in [0.25, 0.3) is 0 Å².